The Morgan fingerprint density at radius 3 is 2.60 bits per heavy atom. The zero-order valence-corrected chi connectivity index (χ0v) is 23.0. The van der Waals surface area contributed by atoms with Gasteiger partial charge in [-0.25, -0.2) is 0 Å². The number of aromatic nitrogens is 2. The summed E-state index contributed by atoms with van der Waals surface area (Å²) in [7, 11) is 2.15. The number of pyridine rings is 2. The number of likely N-dealkylation sites (N-methyl/N-ethyl adjacent to an activating group) is 1. The lowest BCUT2D eigenvalue weighted by atomic mass is 9.93. The minimum Gasteiger partial charge on any atom is -0.379 e. The lowest BCUT2D eigenvalue weighted by molar-refractivity contribution is -0.117. The number of nitrogens with zero attached hydrogens (tertiary/aromatic N) is 4. The number of anilines is 3. The average molecular weight is 538 g/mol. The van der Waals surface area contributed by atoms with Gasteiger partial charge in [-0.2, -0.15) is 0 Å². The number of amides is 2. The van der Waals surface area contributed by atoms with Crippen LogP contribution in [0.5, 0.6) is 0 Å². The molecule has 1 aliphatic carbocycles. The van der Waals surface area contributed by atoms with Crippen molar-refractivity contribution >= 4 is 34.4 Å². The molecule has 3 N–H and O–H groups in total. The van der Waals surface area contributed by atoms with Crippen LogP contribution in [0.15, 0.2) is 61.1 Å². The first-order valence-corrected chi connectivity index (χ1v) is 14.0. The smallest absolute Gasteiger partial charge is 0.256 e. The highest BCUT2D eigenvalue weighted by molar-refractivity contribution is 6.27. The Kier molecular flexibility index (Phi) is 7.32. The summed E-state index contributed by atoms with van der Waals surface area (Å²) >= 11 is 0. The first-order chi connectivity index (χ1) is 19.4. The van der Waals surface area contributed by atoms with E-state index in [2.05, 4.69) is 42.8 Å². The fourth-order valence-corrected chi connectivity index (χ4v) is 5.23. The predicted molar refractivity (Wildman–Crippen MR) is 158 cm³/mol. The van der Waals surface area contributed by atoms with Gasteiger partial charge in [0.2, 0.25) is 5.91 Å². The Balaban J connectivity index is 1.20. The third kappa shape index (κ3) is 6.05. The number of rotatable bonds is 7. The highest BCUT2D eigenvalue weighted by Crippen LogP contribution is 2.35. The molecule has 1 aromatic carbocycles. The van der Waals surface area contributed by atoms with E-state index in [1.54, 1.807) is 18.6 Å². The van der Waals surface area contributed by atoms with Crippen LogP contribution in [0.4, 0.5) is 17.1 Å². The van der Waals surface area contributed by atoms with Crippen LogP contribution in [-0.4, -0.2) is 70.9 Å². The summed E-state index contributed by atoms with van der Waals surface area (Å²) in [4.78, 5) is 39.5. The minimum atomic E-state index is -0.160. The maximum atomic E-state index is 13.6. The molecule has 2 fully saturated rings. The highest BCUT2D eigenvalue weighted by Gasteiger charge is 2.29. The van der Waals surface area contributed by atoms with E-state index in [1.807, 2.05) is 49.4 Å². The van der Waals surface area contributed by atoms with E-state index >= 15 is 0 Å². The van der Waals surface area contributed by atoms with Gasteiger partial charge in [-0.1, -0.05) is 6.07 Å². The van der Waals surface area contributed by atoms with E-state index in [0.717, 1.165) is 79.3 Å². The van der Waals surface area contributed by atoms with Gasteiger partial charge in [-0.05, 0) is 68.8 Å². The predicted octanol–water partition coefficient (Wildman–Crippen LogP) is 4.08. The Morgan fingerprint density at radius 2 is 1.80 bits per heavy atom. The number of hydrogen-bond donors (Lipinski definition) is 3. The number of nitrogens with one attached hydrogen (secondary N) is 3. The van der Waals surface area contributed by atoms with Gasteiger partial charge in [0.25, 0.3) is 5.91 Å². The quantitative estimate of drug-likeness (QED) is 0.418. The molecule has 0 radical (unpaired) electrons. The maximum Gasteiger partial charge on any atom is 0.256 e. The standard InChI is InChI=1S/C31H35N7O2/c1-20-13-28(31(40)35-24-7-8-33-26(16-24)19-38-11-9-37(2)10-12-38)27-15-22(5-6-29(27)34-20)23-14-25(18-32-17-23)36-30(39)21-3-4-21/h5-8,13-18,20-21,34H,3-4,9-12,19H2,1-2H3,(H,36,39)(H,33,35,40). The first-order valence-electron chi connectivity index (χ1n) is 14.0. The zero-order valence-electron chi connectivity index (χ0n) is 23.0. The molecule has 40 heavy (non-hydrogen) atoms. The number of hydrogen-bond acceptors (Lipinski definition) is 7. The lowest BCUT2D eigenvalue weighted by Gasteiger charge is -2.32. The van der Waals surface area contributed by atoms with Crippen molar-refractivity contribution in [2.24, 2.45) is 5.92 Å². The Hall–Kier alpha value is -4.08. The Morgan fingerprint density at radius 1 is 0.975 bits per heavy atom. The number of carbonyl (C=O) groups excluding carboxylic acids is 2. The molecule has 2 aliphatic heterocycles. The molecule has 1 atom stereocenters. The lowest BCUT2D eigenvalue weighted by Crippen LogP contribution is -2.44. The van der Waals surface area contributed by atoms with E-state index in [4.69, 9.17) is 0 Å². The van der Waals surface area contributed by atoms with Crippen molar-refractivity contribution in [3.63, 3.8) is 0 Å². The topological polar surface area (TPSA) is 102 Å². The van der Waals surface area contributed by atoms with Gasteiger partial charge in [0.15, 0.2) is 0 Å². The molecular formula is C31H35N7O2. The number of carbonyl (C=O) groups is 2. The monoisotopic (exact) mass is 537 g/mol. The second-order valence-electron chi connectivity index (χ2n) is 11.1. The molecule has 206 valence electrons. The second-order valence-corrected chi connectivity index (χ2v) is 11.1. The van der Waals surface area contributed by atoms with Crippen molar-refractivity contribution in [2.75, 3.05) is 49.2 Å². The SMILES string of the molecule is CC1C=C(C(=O)Nc2ccnc(CN3CCN(C)CC3)c2)c2cc(-c3cncc(NC(=O)C4CC4)c3)ccc2N1. The third-order valence-electron chi connectivity index (χ3n) is 7.70. The van der Waals surface area contributed by atoms with Crippen LogP contribution >= 0.6 is 0 Å². The zero-order chi connectivity index (χ0) is 27.6. The molecule has 3 aromatic rings. The molecule has 1 unspecified atom stereocenters. The molecule has 3 aliphatic rings. The Labute approximate surface area is 234 Å². The molecule has 4 heterocycles. The third-order valence-corrected chi connectivity index (χ3v) is 7.70. The second kappa shape index (κ2) is 11.2. The van der Waals surface area contributed by atoms with Crippen LogP contribution in [0.3, 0.4) is 0 Å². The van der Waals surface area contributed by atoms with Gasteiger partial charge in [-0.3, -0.25) is 24.5 Å². The summed E-state index contributed by atoms with van der Waals surface area (Å²) in [6, 6.07) is 11.7. The summed E-state index contributed by atoms with van der Waals surface area (Å²) in [5.74, 6) is 0.00859. The van der Waals surface area contributed by atoms with Gasteiger partial charge < -0.3 is 20.9 Å². The van der Waals surface area contributed by atoms with Gasteiger partial charge in [-0.15, -0.1) is 0 Å². The fourth-order valence-electron chi connectivity index (χ4n) is 5.23. The summed E-state index contributed by atoms with van der Waals surface area (Å²) in [6.07, 6.45) is 9.05. The average Bonchev–Trinajstić information content (AvgIpc) is 3.80. The van der Waals surface area contributed by atoms with Crippen molar-refractivity contribution in [2.45, 2.75) is 32.4 Å². The van der Waals surface area contributed by atoms with E-state index in [0.29, 0.717) is 11.3 Å². The van der Waals surface area contributed by atoms with Crippen molar-refractivity contribution in [3.05, 3.63) is 72.3 Å². The van der Waals surface area contributed by atoms with Crippen molar-refractivity contribution in [1.29, 1.82) is 0 Å². The van der Waals surface area contributed by atoms with Crippen LogP contribution in [0, 0.1) is 5.92 Å². The molecule has 9 heteroatoms. The summed E-state index contributed by atoms with van der Waals surface area (Å²) < 4.78 is 0. The van der Waals surface area contributed by atoms with Gasteiger partial charge >= 0.3 is 0 Å². The van der Waals surface area contributed by atoms with Gasteiger partial charge in [0.05, 0.1) is 17.6 Å². The van der Waals surface area contributed by atoms with E-state index in [1.165, 1.54) is 0 Å². The van der Waals surface area contributed by atoms with E-state index < -0.39 is 0 Å². The van der Waals surface area contributed by atoms with Crippen molar-refractivity contribution < 1.29 is 9.59 Å². The number of benzene rings is 1. The normalized spacial score (nSPS) is 19.2. The van der Waals surface area contributed by atoms with Gasteiger partial charge in [0.1, 0.15) is 0 Å². The van der Waals surface area contributed by atoms with Gasteiger partial charge in [0, 0.05) is 85.2 Å². The molecule has 1 saturated heterocycles. The molecule has 9 nitrogen and oxygen atoms in total. The van der Waals surface area contributed by atoms with Crippen molar-refractivity contribution in [3.8, 4) is 11.1 Å². The van der Waals surface area contributed by atoms with Crippen LogP contribution < -0.4 is 16.0 Å². The van der Waals surface area contributed by atoms with Crippen LogP contribution in [0.2, 0.25) is 0 Å². The molecular weight excluding hydrogens is 502 g/mol. The summed E-state index contributed by atoms with van der Waals surface area (Å²) in [5, 5.41) is 9.53. The Bertz CT molecular complexity index is 1460. The molecule has 2 aromatic heterocycles. The van der Waals surface area contributed by atoms with Crippen molar-refractivity contribution in [1.82, 2.24) is 19.8 Å². The highest BCUT2D eigenvalue weighted by atomic mass is 16.2. The van der Waals surface area contributed by atoms with E-state index in [-0.39, 0.29) is 23.8 Å². The largest absolute Gasteiger partial charge is 0.379 e. The summed E-state index contributed by atoms with van der Waals surface area (Å²) in [5.41, 5.74) is 6.49. The maximum absolute atomic E-state index is 13.6. The molecule has 1 saturated carbocycles. The number of piperazine rings is 1. The fraction of sp³-hybridized carbons (Fsp3) is 0.355. The molecule has 6 rings (SSSR count). The van der Waals surface area contributed by atoms with Crippen LogP contribution in [0.1, 0.15) is 31.0 Å². The van der Waals surface area contributed by atoms with Crippen LogP contribution in [0.25, 0.3) is 16.7 Å². The minimum absolute atomic E-state index is 0.00645. The summed E-state index contributed by atoms with van der Waals surface area (Å²) in [6.45, 7) is 6.91. The van der Waals surface area contributed by atoms with Crippen LogP contribution in [-0.2, 0) is 16.1 Å². The molecule has 0 spiro atoms. The molecule has 0 bridgehead atoms. The first kappa shape index (κ1) is 26.2. The molecule has 2 amide bonds. The number of fused-ring (bicyclic) bond motifs is 1. The van der Waals surface area contributed by atoms with E-state index in [9.17, 15) is 9.59 Å².